The predicted molar refractivity (Wildman–Crippen MR) is 46.4 cm³/mol. The van der Waals surface area contributed by atoms with Gasteiger partial charge >= 0.3 is 0 Å². The van der Waals surface area contributed by atoms with Crippen molar-refractivity contribution < 1.29 is 0 Å². The summed E-state index contributed by atoms with van der Waals surface area (Å²) in [6.45, 7) is 3.00. The van der Waals surface area contributed by atoms with Gasteiger partial charge in [-0.15, -0.1) is 0 Å². The van der Waals surface area contributed by atoms with Gasteiger partial charge in [-0.25, -0.2) is 0 Å². The highest BCUT2D eigenvalue weighted by Gasteiger charge is 2.10. The molecule has 64 valence electrons. The molecule has 1 rings (SSSR count). The van der Waals surface area contributed by atoms with E-state index in [1.54, 1.807) is 0 Å². The van der Waals surface area contributed by atoms with E-state index in [0.717, 1.165) is 31.9 Å². The van der Waals surface area contributed by atoms with Gasteiger partial charge in [0.05, 0.1) is 0 Å². The minimum Gasteiger partial charge on any atom is -0.386 e. The Hall–Kier alpha value is -0.770. The molecule has 0 fully saturated rings. The molecule has 0 amide bonds. The molecular weight excluding hydrogens is 140 g/mol. The smallest absolute Gasteiger partial charge is 0.121 e. The van der Waals surface area contributed by atoms with E-state index in [9.17, 15) is 0 Å². The average molecular weight is 156 g/mol. The van der Waals surface area contributed by atoms with Crippen molar-refractivity contribution >= 4 is 5.84 Å². The quantitative estimate of drug-likeness (QED) is 0.600. The molecule has 2 N–H and O–H groups in total. The van der Waals surface area contributed by atoms with Gasteiger partial charge in [-0.05, 0) is 14.1 Å². The third kappa shape index (κ3) is 2.76. The topological polar surface area (TPSA) is 44.9 Å². The first-order chi connectivity index (χ1) is 5.18. The molecular formula is C7H16N4. The Kier molecular flexibility index (Phi) is 2.70. The van der Waals surface area contributed by atoms with Gasteiger partial charge in [-0.3, -0.25) is 5.01 Å². The highest BCUT2D eigenvalue weighted by molar-refractivity contribution is 5.81. The zero-order valence-electron chi connectivity index (χ0n) is 7.25. The first kappa shape index (κ1) is 8.33. The van der Waals surface area contributed by atoms with Gasteiger partial charge in [0.2, 0.25) is 0 Å². The zero-order chi connectivity index (χ0) is 8.27. The zero-order valence-corrected chi connectivity index (χ0v) is 7.25. The molecule has 0 radical (unpaired) electrons. The van der Waals surface area contributed by atoms with E-state index in [4.69, 9.17) is 5.73 Å². The number of hydrogen-bond acceptors (Lipinski definition) is 4. The van der Waals surface area contributed by atoms with Crippen LogP contribution in [0.15, 0.2) is 5.10 Å². The van der Waals surface area contributed by atoms with Gasteiger partial charge in [0.1, 0.15) is 5.84 Å². The summed E-state index contributed by atoms with van der Waals surface area (Å²) >= 11 is 0. The van der Waals surface area contributed by atoms with Crippen molar-refractivity contribution in [2.45, 2.75) is 6.42 Å². The number of rotatable bonds is 3. The Balaban J connectivity index is 2.18. The van der Waals surface area contributed by atoms with Crippen LogP contribution in [0.2, 0.25) is 0 Å². The standard InChI is InChI=1S/C7H16N4/c1-10(2)5-6-11-4-3-7(8)9-11/h3-6H2,1-2H3,(H2,8,9). The molecule has 1 aliphatic rings. The fourth-order valence-electron chi connectivity index (χ4n) is 1.00. The third-order valence-electron chi connectivity index (χ3n) is 1.70. The molecule has 0 saturated heterocycles. The number of hydrazone groups is 1. The fourth-order valence-corrected chi connectivity index (χ4v) is 1.00. The van der Waals surface area contributed by atoms with E-state index in [1.807, 2.05) is 5.01 Å². The van der Waals surface area contributed by atoms with Gasteiger partial charge < -0.3 is 10.6 Å². The molecule has 0 bridgehead atoms. The summed E-state index contributed by atoms with van der Waals surface area (Å²) in [7, 11) is 4.12. The Morgan fingerprint density at radius 2 is 2.36 bits per heavy atom. The molecule has 11 heavy (non-hydrogen) atoms. The lowest BCUT2D eigenvalue weighted by Crippen LogP contribution is -2.26. The first-order valence-electron chi connectivity index (χ1n) is 3.91. The van der Waals surface area contributed by atoms with Gasteiger partial charge in [-0.1, -0.05) is 0 Å². The summed E-state index contributed by atoms with van der Waals surface area (Å²) in [4.78, 5) is 2.14. The van der Waals surface area contributed by atoms with Crippen LogP contribution in [-0.4, -0.2) is 49.5 Å². The fraction of sp³-hybridized carbons (Fsp3) is 0.857. The van der Waals surface area contributed by atoms with Crippen LogP contribution in [0.25, 0.3) is 0 Å². The van der Waals surface area contributed by atoms with E-state index >= 15 is 0 Å². The summed E-state index contributed by atoms with van der Waals surface area (Å²) in [5.41, 5.74) is 5.53. The van der Waals surface area contributed by atoms with E-state index in [1.165, 1.54) is 0 Å². The normalized spacial score (nSPS) is 17.7. The molecule has 0 saturated carbocycles. The predicted octanol–water partition coefficient (Wildman–Crippen LogP) is -0.474. The Morgan fingerprint density at radius 3 is 2.82 bits per heavy atom. The lowest BCUT2D eigenvalue weighted by molar-refractivity contribution is 0.270. The van der Waals surface area contributed by atoms with Gasteiger partial charge in [0, 0.05) is 26.1 Å². The molecule has 0 aromatic rings. The lowest BCUT2D eigenvalue weighted by Gasteiger charge is -2.16. The molecule has 0 aromatic carbocycles. The van der Waals surface area contributed by atoms with Crippen molar-refractivity contribution in [2.75, 3.05) is 33.7 Å². The number of nitrogens with zero attached hydrogens (tertiary/aromatic N) is 3. The second-order valence-corrected chi connectivity index (χ2v) is 3.10. The highest BCUT2D eigenvalue weighted by atomic mass is 15.5. The van der Waals surface area contributed by atoms with Crippen LogP contribution in [0.5, 0.6) is 0 Å². The molecule has 4 nitrogen and oxygen atoms in total. The highest BCUT2D eigenvalue weighted by Crippen LogP contribution is 2.01. The summed E-state index contributed by atoms with van der Waals surface area (Å²) in [5, 5.41) is 6.18. The van der Waals surface area contributed by atoms with Crippen LogP contribution in [-0.2, 0) is 0 Å². The number of nitrogens with two attached hydrogens (primary N) is 1. The van der Waals surface area contributed by atoms with Crippen molar-refractivity contribution in [3.8, 4) is 0 Å². The second-order valence-electron chi connectivity index (χ2n) is 3.10. The van der Waals surface area contributed by atoms with Crippen molar-refractivity contribution in [3.05, 3.63) is 0 Å². The van der Waals surface area contributed by atoms with Crippen LogP contribution in [0.1, 0.15) is 6.42 Å². The van der Waals surface area contributed by atoms with Crippen LogP contribution in [0.3, 0.4) is 0 Å². The minimum atomic E-state index is 0.767. The molecule has 1 aliphatic heterocycles. The lowest BCUT2D eigenvalue weighted by atomic mass is 10.4. The molecule has 0 spiro atoms. The molecule has 1 heterocycles. The summed E-state index contributed by atoms with van der Waals surface area (Å²) in [6.07, 6.45) is 0.924. The van der Waals surface area contributed by atoms with Crippen LogP contribution < -0.4 is 5.73 Å². The summed E-state index contributed by atoms with van der Waals surface area (Å²) in [5.74, 6) is 0.767. The van der Waals surface area contributed by atoms with Gasteiger partial charge in [0.15, 0.2) is 0 Å². The molecule has 0 unspecified atom stereocenters. The first-order valence-corrected chi connectivity index (χ1v) is 3.91. The molecule has 0 aromatic heterocycles. The van der Waals surface area contributed by atoms with E-state index < -0.39 is 0 Å². The van der Waals surface area contributed by atoms with Gasteiger partial charge in [-0.2, -0.15) is 5.10 Å². The van der Waals surface area contributed by atoms with Crippen LogP contribution in [0, 0.1) is 0 Å². The average Bonchev–Trinajstić information content (AvgIpc) is 2.31. The SMILES string of the molecule is CN(C)CCN1CCC(N)=N1. The van der Waals surface area contributed by atoms with Gasteiger partial charge in [0.25, 0.3) is 0 Å². The Morgan fingerprint density at radius 1 is 1.64 bits per heavy atom. The maximum atomic E-state index is 5.53. The van der Waals surface area contributed by atoms with E-state index in [-0.39, 0.29) is 0 Å². The number of likely N-dealkylation sites (N-methyl/N-ethyl adjacent to an activating group) is 1. The summed E-state index contributed by atoms with van der Waals surface area (Å²) in [6, 6.07) is 0. The largest absolute Gasteiger partial charge is 0.386 e. The van der Waals surface area contributed by atoms with Crippen molar-refractivity contribution in [2.24, 2.45) is 10.8 Å². The minimum absolute atomic E-state index is 0.767. The summed E-state index contributed by atoms with van der Waals surface area (Å²) < 4.78 is 0. The van der Waals surface area contributed by atoms with E-state index in [2.05, 4.69) is 24.1 Å². The van der Waals surface area contributed by atoms with Crippen molar-refractivity contribution in [1.29, 1.82) is 0 Å². The third-order valence-corrected chi connectivity index (χ3v) is 1.70. The Labute approximate surface area is 67.6 Å². The van der Waals surface area contributed by atoms with Crippen LogP contribution in [0.4, 0.5) is 0 Å². The number of amidine groups is 1. The van der Waals surface area contributed by atoms with Crippen molar-refractivity contribution in [1.82, 2.24) is 9.91 Å². The molecule has 4 heteroatoms. The number of hydrogen-bond donors (Lipinski definition) is 1. The van der Waals surface area contributed by atoms with E-state index in [0.29, 0.717) is 0 Å². The second kappa shape index (κ2) is 3.57. The molecule has 0 aliphatic carbocycles. The van der Waals surface area contributed by atoms with Crippen molar-refractivity contribution in [3.63, 3.8) is 0 Å². The maximum absolute atomic E-state index is 5.53. The maximum Gasteiger partial charge on any atom is 0.121 e. The Bertz CT molecular complexity index is 153. The van der Waals surface area contributed by atoms with Crippen LogP contribution >= 0.6 is 0 Å². The molecule has 0 atom stereocenters. The monoisotopic (exact) mass is 156 g/mol.